The SMILES string of the molecule is CCNC(=O)CCNC(=O)C(CS)NC(C)=O. The molecule has 3 amide bonds. The van der Waals surface area contributed by atoms with Crippen LogP contribution >= 0.6 is 12.6 Å². The third kappa shape index (κ3) is 7.62. The van der Waals surface area contributed by atoms with Crippen LogP contribution in [0.15, 0.2) is 0 Å². The van der Waals surface area contributed by atoms with Crippen LogP contribution in [0.2, 0.25) is 0 Å². The van der Waals surface area contributed by atoms with E-state index in [4.69, 9.17) is 0 Å². The Morgan fingerprint density at radius 1 is 1.24 bits per heavy atom. The van der Waals surface area contributed by atoms with E-state index in [1.807, 2.05) is 6.92 Å². The molecule has 0 bridgehead atoms. The van der Waals surface area contributed by atoms with Gasteiger partial charge in [0.15, 0.2) is 0 Å². The molecule has 0 fully saturated rings. The molecule has 0 spiro atoms. The van der Waals surface area contributed by atoms with Gasteiger partial charge in [0.2, 0.25) is 17.7 Å². The van der Waals surface area contributed by atoms with Crippen LogP contribution in [0, 0.1) is 0 Å². The molecule has 0 heterocycles. The molecule has 0 radical (unpaired) electrons. The van der Waals surface area contributed by atoms with Crippen LogP contribution in [-0.4, -0.2) is 42.6 Å². The number of hydrogen-bond acceptors (Lipinski definition) is 4. The molecule has 0 aliphatic heterocycles. The summed E-state index contributed by atoms with van der Waals surface area (Å²) >= 11 is 3.97. The third-order valence-corrected chi connectivity index (χ3v) is 2.27. The van der Waals surface area contributed by atoms with Gasteiger partial charge in [-0.15, -0.1) is 0 Å². The van der Waals surface area contributed by atoms with Gasteiger partial charge in [0, 0.05) is 32.2 Å². The molecule has 0 saturated carbocycles. The average molecular weight is 261 g/mol. The summed E-state index contributed by atoms with van der Waals surface area (Å²) in [5.41, 5.74) is 0. The van der Waals surface area contributed by atoms with Crippen molar-refractivity contribution >= 4 is 30.4 Å². The largest absolute Gasteiger partial charge is 0.356 e. The van der Waals surface area contributed by atoms with Crippen molar-refractivity contribution in [2.75, 3.05) is 18.8 Å². The maximum Gasteiger partial charge on any atom is 0.243 e. The van der Waals surface area contributed by atoms with E-state index in [-0.39, 0.29) is 36.4 Å². The molecule has 17 heavy (non-hydrogen) atoms. The number of amides is 3. The molecule has 0 aromatic rings. The predicted molar refractivity (Wildman–Crippen MR) is 67.8 cm³/mol. The monoisotopic (exact) mass is 261 g/mol. The van der Waals surface area contributed by atoms with Gasteiger partial charge in [-0.05, 0) is 6.92 Å². The van der Waals surface area contributed by atoms with Crippen molar-refractivity contribution in [1.29, 1.82) is 0 Å². The lowest BCUT2D eigenvalue weighted by Gasteiger charge is -2.15. The van der Waals surface area contributed by atoms with E-state index in [9.17, 15) is 14.4 Å². The summed E-state index contributed by atoms with van der Waals surface area (Å²) < 4.78 is 0. The zero-order valence-electron chi connectivity index (χ0n) is 10.1. The Hall–Kier alpha value is -1.24. The summed E-state index contributed by atoms with van der Waals surface area (Å²) in [6.45, 7) is 3.97. The Balaban J connectivity index is 3.90. The lowest BCUT2D eigenvalue weighted by Crippen LogP contribution is -2.47. The highest BCUT2D eigenvalue weighted by Crippen LogP contribution is 1.89. The normalized spacial score (nSPS) is 11.5. The number of carbonyl (C=O) groups excluding carboxylic acids is 3. The maximum atomic E-state index is 11.5. The van der Waals surface area contributed by atoms with E-state index in [1.54, 1.807) is 0 Å². The summed E-state index contributed by atoms with van der Waals surface area (Å²) in [5.74, 6) is -0.524. The summed E-state index contributed by atoms with van der Waals surface area (Å²) in [6, 6.07) is -0.662. The lowest BCUT2D eigenvalue weighted by molar-refractivity contribution is -0.127. The van der Waals surface area contributed by atoms with Gasteiger partial charge in [0.25, 0.3) is 0 Å². The first-order valence-corrected chi connectivity index (χ1v) is 6.06. The minimum atomic E-state index is -0.662. The second kappa shape index (κ2) is 8.86. The van der Waals surface area contributed by atoms with E-state index in [0.29, 0.717) is 6.54 Å². The fraction of sp³-hybridized carbons (Fsp3) is 0.700. The van der Waals surface area contributed by atoms with Gasteiger partial charge in [0.1, 0.15) is 6.04 Å². The summed E-state index contributed by atoms with van der Waals surface area (Å²) in [6.07, 6.45) is 0.221. The first kappa shape index (κ1) is 15.8. The zero-order valence-corrected chi connectivity index (χ0v) is 11.0. The van der Waals surface area contributed by atoms with E-state index in [1.165, 1.54) is 6.92 Å². The highest BCUT2D eigenvalue weighted by Gasteiger charge is 2.17. The van der Waals surface area contributed by atoms with Gasteiger partial charge in [-0.25, -0.2) is 0 Å². The van der Waals surface area contributed by atoms with E-state index in [2.05, 4.69) is 28.6 Å². The standard InChI is InChI=1S/C10H19N3O3S/c1-3-11-9(15)4-5-12-10(16)8(6-17)13-7(2)14/h8,17H,3-6H2,1-2H3,(H,11,15)(H,12,16)(H,13,14). The zero-order chi connectivity index (χ0) is 13.3. The van der Waals surface area contributed by atoms with Crippen molar-refractivity contribution in [2.24, 2.45) is 0 Å². The third-order valence-electron chi connectivity index (χ3n) is 1.90. The number of hydrogen-bond donors (Lipinski definition) is 4. The molecule has 0 rings (SSSR count). The number of carbonyl (C=O) groups is 3. The van der Waals surface area contributed by atoms with Gasteiger partial charge in [-0.2, -0.15) is 12.6 Å². The fourth-order valence-electron chi connectivity index (χ4n) is 1.15. The van der Waals surface area contributed by atoms with Crippen molar-refractivity contribution in [3.05, 3.63) is 0 Å². The van der Waals surface area contributed by atoms with E-state index in [0.717, 1.165) is 0 Å². The lowest BCUT2D eigenvalue weighted by atomic mass is 10.3. The van der Waals surface area contributed by atoms with Crippen molar-refractivity contribution in [3.63, 3.8) is 0 Å². The number of nitrogens with one attached hydrogen (secondary N) is 3. The molecule has 0 aromatic carbocycles. The second-order valence-electron chi connectivity index (χ2n) is 3.43. The van der Waals surface area contributed by atoms with Crippen molar-refractivity contribution in [1.82, 2.24) is 16.0 Å². The molecule has 7 heteroatoms. The van der Waals surface area contributed by atoms with E-state index < -0.39 is 6.04 Å². The van der Waals surface area contributed by atoms with Gasteiger partial charge in [-0.1, -0.05) is 0 Å². The van der Waals surface area contributed by atoms with Crippen molar-refractivity contribution in [3.8, 4) is 0 Å². The predicted octanol–water partition coefficient (Wildman–Crippen LogP) is -0.937. The molecule has 0 aliphatic rings. The highest BCUT2D eigenvalue weighted by atomic mass is 32.1. The van der Waals surface area contributed by atoms with Crippen LogP contribution < -0.4 is 16.0 Å². The minimum Gasteiger partial charge on any atom is -0.356 e. The van der Waals surface area contributed by atoms with Crippen LogP contribution in [0.5, 0.6) is 0 Å². The Bertz CT molecular complexity index is 284. The molecular formula is C10H19N3O3S. The first-order valence-electron chi connectivity index (χ1n) is 5.43. The maximum absolute atomic E-state index is 11.5. The van der Waals surface area contributed by atoms with Crippen LogP contribution in [0.25, 0.3) is 0 Å². The van der Waals surface area contributed by atoms with Gasteiger partial charge in [-0.3, -0.25) is 14.4 Å². The van der Waals surface area contributed by atoms with E-state index >= 15 is 0 Å². The molecular weight excluding hydrogens is 242 g/mol. The Kier molecular flexibility index (Phi) is 8.21. The average Bonchev–Trinajstić information content (AvgIpc) is 2.25. The number of thiol groups is 1. The Morgan fingerprint density at radius 2 is 1.88 bits per heavy atom. The topological polar surface area (TPSA) is 87.3 Å². The Labute approximate surface area is 106 Å². The second-order valence-corrected chi connectivity index (χ2v) is 3.80. The first-order chi connectivity index (χ1) is 8.01. The quantitative estimate of drug-likeness (QED) is 0.446. The van der Waals surface area contributed by atoms with Crippen LogP contribution in [-0.2, 0) is 14.4 Å². The van der Waals surface area contributed by atoms with Gasteiger partial charge >= 0.3 is 0 Å². The van der Waals surface area contributed by atoms with Crippen LogP contribution in [0.1, 0.15) is 20.3 Å². The summed E-state index contributed by atoms with van der Waals surface area (Å²) in [4.78, 5) is 33.4. The molecule has 3 N–H and O–H groups in total. The molecule has 0 aromatic heterocycles. The van der Waals surface area contributed by atoms with Crippen molar-refractivity contribution < 1.29 is 14.4 Å². The Morgan fingerprint density at radius 3 is 2.35 bits per heavy atom. The molecule has 0 aliphatic carbocycles. The van der Waals surface area contributed by atoms with Crippen molar-refractivity contribution in [2.45, 2.75) is 26.3 Å². The van der Waals surface area contributed by atoms with Gasteiger partial charge < -0.3 is 16.0 Å². The molecule has 98 valence electrons. The molecule has 1 atom stereocenters. The summed E-state index contributed by atoms with van der Waals surface area (Å²) in [7, 11) is 0. The number of rotatable bonds is 7. The molecule has 1 unspecified atom stereocenters. The van der Waals surface area contributed by atoms with Crippen LogP contribution in [0.4, 0.5) is 0 Å². The smallest absolute Gasteiger partial charge is 0.243 e. The molecule has 6 nitrogen and oxygen atoms in total. The fourth-order valence-corrected chi connectivity index (χ4v) is 1.40. The van der Waals surface area contributed by atoms with Crippen LogP contribution in [0.3, 0.4) is 0 Å². The molecule has 0 saturated heterocycles. The summed E-state index contributed by atoms with van der Waals surface area (Å²) in [5, 5.41) is 7.65. The highest BCUT2D eigenvalue weighted by molar-refractivity contribution is 7.80. The minimum absolute atomic E-state index is 0.116. The van der Waals surface area contributed by atoms with Gasteiger partial charge in [0.05, 0.1) is 0 Å².